The standard InChI is InChI=1S/C25H27N3O2/c1-3-30-25(29)19(2)26-23(20-13-7-4-8-14-20)24(21-15-9-5-10-16-21)28-27-22-17-11-6-12-18-22/h4-19,23,26-27H,3H2,1-2H3/b28-24-/t19-,23+/m0/s1. The van der Waals surface area contributed by atoms with E-state index >= 15 is 0 Å². The third-order valence-corrected chi connectivity index (χ3v) is 4.61. The quantitative estimate of drug-likeness (QED) is 0.308. The molecule has 3 aromatic carbocycles. The van der Waals surface area contributed by atoms with Crippen LogP contribution in [0.5, 0.6) is 0 Å². The van der Waals surface area contributed by atoms with Gasteiger partial charge in [0.05, 0.1) is 24.0 Å². The van der Waals surface area contributed by atoms with Gasteiger partial charge in [0.25, 0.3) is 0 Å². The Morgan fingerprint density at radius 1 is 0.900 bits per heavy atom. The van der Waals surface area contributed by atoms with Gasteiger partial charge in [-0.05, 0) is 37.1 Å². The monoisotopic (exact) mass is 401 g/mol. The number of hydrogen-bond donors (Lipinski definition) is 2. The van der Waals surface area contributed by atoms with E-state index < -0.39 is 6.04 Å². The minimum absolute atomic E-state index is 0.290. The number of nitrogens with zero attached hydrogens (tertiary/aromatic N) is 1. The summed E-state index contributed by atoms with van der Waals surface area (Å²) in [5, 5.41) is 8.16. The predicted molar refractivity (Wildman–Crippen MR) is 121 cm³/mol. The Labute approximate surface area is 177 Å². The van der Waals surface area contributed by atoms with Crippen LogP contribution < -0.4 is 10.7 Å². The Hall–Kier alpha value is -3.44. The van der Waals surface area contributed by atoms with Gasteiger partial charge in [0.15, 0.2) is 0 Å². The number of nitrogens with one attached hydrogen (secondary N) is 2. The molecule has 0 heterocycles. The summed E-state index contributed by atoms with van der Waals surface area (Å²) >= 11 is 0. The second-order valence-electron chi connectivity index (χ2n) is 6.82. The molecule has 0 amide bonds. The molecule has 0 fully saturated rings. The molecule has 0 unspecified atom stereocenters. The van der Waals surface area contributed by atoms with Gasteiger partial charge in [0.1, 0.15) is 6.04 Å². The molecule has 0 aliphatic rings. The van der Waals surface area contributed by atoms with Gasteiger partial charge in [-0.2, -0.15) is 5.10 Å². The third kappa shape index (κ3) is 5.78. The van der Waals surface area contributed by atoms with Crippen LogP contribution in [0.25, 0.3) is 0 Å². The zero-order valence-electron chi connectivity index (χ0n) is 17.3. The molecule has 0 radical (unpaired) electrons. The number of benzene rings is 3. The van der Waals surface area contributed by atoms with Crippen LogP contribution in [0.2, 0.25) is 0 Å². The Morgan fingerprint density at radius 2 is 1.47 bits per heavy atom. The van der Waals surface area contributed by atoms with Gasteiger partial charge in [-0.3, -0.25) is 15.5 Å². The first-order valence-corrected chi connectivity index (χ1v) is 10.1. The van der Waals surface area contributed by atoms with E-state index in [1.165, 1.54) is 0 Å². The summed E-state index contributed by atoms with van der Waals surface area (Å²) in [6, 6.07) is 28.9. The van der Waals surface area contributed by atoms with Crippen molar-refractivity contribution in [1.82, 2.24) is 5.32 Å². The minimum atomic E-state index is -0.499. The van der Waals surface area contributed by atoms with E-state index in [0.717, 1.165) is 22.5 Å². The average molecular weight is 402 g/mol. The Kier molecular flexibility index (Phi) is 7.75. The van der Waals surface area contributed by atoms with E-state index in [1.54, 1.807) is 13.8 Å². The molecule has 30 heavy (non-hydrogen) atoms. The van der Waals surface area contributed by atoms with Crippen molar-refractivity contribution in [3.05, 3.63) is 102 Å². The van der Waals surface area contributed by atoms with Crippen LogP contribution in [-0.2, 0) is 9.53 Å². The van der Waals surface area contributed by atoms with Gasteiger partial charge in [-0.25, -0.2) is 0 Å². The maximum absolute atomic E-state index is 12.3. The molecule has 2 atom stereocenters. The van der Waals surface area contributed by atoms with Gasteiger partial charge in [-0.15, -0.1) is 0 Å². The lowest BCUT2D eigenvalue weighted by Crippen LogP contribution is -2.41. The van der Waals surface area contributed by atoms with Crippen molar-refractivity contribution in [3.8, 4) is 0 Å². The summed E-state index contributed by atoms with van der Waals surface area (Å²) in [7, 11) is 0. The van der Waals surface area contributed by atoms with Gasteiger partial charge in [0, 0.05) is 0 Å². The van der Waals surface area contributed by atoms with Crippen LogP contribution in [0.3, 0.4) is 0 Å². The Bertz CT molecular complexity index is 944. The van der Waals surface area contributed by atoms with E-state index in [9.17, 15) is 4.79 Å². The average Bonchev–Trinajstić information content (AvgIpc) is 2.80. The summed E-state index contributed by atoms with van der Waals surface area (Å²) < 4.78 is 5.20. The summed E-state index contributed by atoms with van der Waals surface area (Å²) in [4.78, 5) is 12.3. The zero-order valence-corrected chi connectivity index (χ0v) is 17.3. The SMILES string of the molecule is CCOC(=O)[C@H](C)N[C@@H](/C(=N\Nc1ccccc1)c1ccccc1)c1ccccc1. The highest BCUT2D eigenvalue weighted by molar-refractivity contribution is 6.05. The topological polar surface area (TPSA) is 62.7 Å². The number of hydrazone groups is 1. The number of carbonyl (C=O) groups is 1. The second kappa shape index (κ2) is 10.9. The molecule has 0 aromatic heterocycles. The van der Waals surface area contributed by atoms with Gasteiger partial charge in [0.2, 0.25) is 0 Å². The van der Waals surface area contributed by atoms with Crippen molar-refractivity contribution in [3.63, 3.8) is 0 Å². The largest absolute Gasteiger partial charge is 0.465 e. The summed E-state index contributed by atoms with van der Waals surface area (Å²) in [6.45, 7) is 3.96. The Balaban J connectivity index is 2.00. The van der Waals surface area contributed by atoms with Crippen LogP contribution >= 0.6 is 0 Å². The minimum Gasteiger partial charge on any atom is -0.465 e. The molecule has 5 heteroatoms. The zero-order chi connectivity index (χ0) is 21.2. The second-order valence-corrected chi connectivity index (χ2v) is 6.82. The van der Waals surface area contributed by atoms with E-state index in [0.29, 0.717) is 6.61 Å². The molecule has 5 nitrogen and oxygen atoms in total. The molecule has 0 aliphatic carbocycles. The molecular formula is C25H27N3O2. The van der Waals surface area contributed by atoms with E-state index in [-0.39, 0.29) is 12.0 Å². The molecule has 0 bridgehead atoms. The maximum atomic E-state index is 12.3. The molecule has 0 aliphatic heterocycles. The number of ether oxygens (including phenoxy) is 1. The molecule has 0 saturated heterocycles. The van der Waals surface area contributed by atoms with Gasteiger partial charge >= 0.3 is 5.97 Å². The fourth-order valence-corrected chi connectivity index (χ4v) is 3.11. The number of hydrogen-bond acceptors (Lipinski definition) is 5. The van der Waals surface area contributed by atoms with Crippen molar-refractivity contribution in [1.29, 1.82) is 0 Å². The van der Waals surface area contributed by atoms with Crippen molar-refractivity contribution in [2.75, 3.05) is 12.0 Å². The molecule has 3 aromatic rings. The number of carbonyl (C=O) groups excluding carboxylic acids is 1. The highest BCUT2D eigenvalue weighted by atomic mass is 16.5. The number of anilines is 1. The molecule has 3 rings (SSSR count). The summed E-state index contributed by atoms with van der Waals surface area (Å²) in [5.41, 5.74) is 6.78. The van der Waals surface area contributed by atoms with Crippen molar-refractivity contribution in [2.24, 2.45) is 5.10 Å². The third-order valence-electron chi connectivity index (χ3n) is 4.61. The predicted octanol–water partition coefficient (Wildman–Crippen LogP) is 4.79. The van der Waals surface area contributed by atoms with E-state index in [2.05, 4.69) is 10.7 Å². The first kappa shape index (κ1) is 21.3. The van der Waals surface area contributed by atoms with E-state index in [4.69, 9.17) is 9.84 Å². The van der Waals surface area contributed by atoms with Crippen molar-refractivity contribution in [2.45, 2.75) is 25.9 Å². The van der Waals surface area contributed by atoms with Crippen molar-refractivity contribution >= 4 is 17.4 Å². The molecule has 154 valence electrons. The van der Waals surface area contributed by atoms with Crippen LogP contribution in [0.1, 0.15) is 31.0 Å². The number of esters is 1. The maximum Gasteiger partial charge on any atom is 0.322 e. The first-order valence-electron chi connectivity index (χ1n) is 10.1. The van der Waals surface area contributed by atoms with Crippen LogP contribution in [0.15, 0.2) is 96.1 Å². The lowest BCUT2D eigenvalue weighted by molar-refractivity contribution is -0.145. The molecule has 0 spiro atoms. The van der Waals surface area contributed by atoms with Crippen molar-refractivity contribution < 1.29 is 9.53 Å². The number of rotatable bonds is 9. The lowest BCUT2D eigenvalue weighted by atomic mass is 9.96. The number of para-hydroxylation sites is 1. The normalized spacial score (nSPS) is 13.3. The van der Waals surface area contributed by atoms with Crippen LogP contribution in [-0.4, -0.2) is 24.3 Å². The fraction of sp³-hybridized carbons (Fsp3) is 0.200. The summed E-state index contributed by atoms with van der Waals surface area (Å²) in [6.07, 6.45) is 0. The van der Waals surface area contributed by atoms with Gasteiger partial charge in [-0.1, -0.05) is 78.9 Å². The summed E-state index contributed by atoms with van der Waals surface area (Å²) in [5.74, 6) is -0.290. The highest BCUT2D eigenvalue weighted by Gasteiger charge is 2.25. The fourth-order valence-electron chi connectivity index (χ4n) is 3.11. The molecule has 0 saturated carbocycles. The molecule has 2 N–H and O–H groups in total. The smallest absolute Gasteiger partial charge is 0.322 e. The first-order chi connectivity index (χ1) is 14.7. The molecular weight excluding hydrogens is 374 g/mol. The Morgan fingerprint density at radius 3 is 2.07 bits per heavy atom. The lowest BCUT2D eigenvalue weighted by Gasteiger charge is -2.25. The van der Waals surface area contributed by atoms with Gasteiger partial charge < -0.3 is 4.74 Å². The van der Waals surface area contributed by atoms with E-state index in [1.807, 2.05) is 91.0 Å². The highest BCUT2D eigenvalue weighted by Crippen LogP contribution is 2.21. The van der Waals surface area contributed by atoms with Crippen LogP contribution in [0, 0.1) is 0 Å². The van der Waals surface area contributed by atoms with Crippen LogP contribution in [0.4, 0.5) is 5.69 Å².